The highest BCUT2D eigenvalue weighted by Crippen LogP contribution is 2.34. The molecule has 5 nitrogen and oxygen atoms in total. The predicted octanol–water partition coefficient (Wildman–Crippen LogP) is 5.79. The lowest BCUT2D eigenvalue weighted by Gasteiger charge is -2.22. The number of nitrogens with one attached hydrogen (secondary N) is 1. The Kier molecular flexibility index (Phi) is 6.62. The lowest BCUT2D eigenvalue weighted by Crippen LogP contribution is -2.35. The molecule has 10 heteroatoms. The van der Waals surface area contributed by atoms with Crippen molar-refractivity contribution in [2.45, 2.75) is 29.5 Å². The molecule has 33 heavy (non-hydrogen) atoms. The molecule has 0 aliphatic heterocycles. The smallest absolute Gasteiger partial charge is 0.344 e. The maximum Gasteiger partial charge on any atom is 0.417 e. The van der Waals surface area contributed by atoms with Crippen LogP contribution in [0.3, 0.4) is 0 Å². The van der Waals surface area contributed by atoms with E-state index in [2.05, 4.69) is 15.5 Å². The van der Waals surface area contributed by atoms with E-state index >= 15 is 0 Å². The van der Waals surface area contributed by atoms with Gasteiger partial charge in [0.25, 0.3) is 0 Å². The van der Waals surface area contributed by atoms with E-state index in [0.717, 1.165) is 39.6 Å². The lowest BCUT2D eigenvalue weighted by atomic mass is 9.98. The fourth-order valence-corrected chi connectivity index (χ4v) is 4.37. The molecule has 4 rings (SSSR count). The van der Waals surface area contributed by atoms with Crippen LogP contribution in [0.1, 0.15) is 29.7 Å². The van der Waals surface area contributed by atoms with Crippen LogP contribution in [0.5, 0.6) is 0 Å². The van der Waals surface area contributed by atoms with Crippen molar-refractivity contribution < 1.29 is 18.0 Å². The van der Waals surface area contributed by atoms with E-state index < -0.39 is 17.0 Å². The number of carbonyl (C=O) groups excluding carboxylic acids is 1. The monoisotopic (exact) mass is 490 g/mol. The van der Waals surface area contributed by atoms with Gasteiger partial charge in [-0.2, -0.15) is 13.2 Å². The molecule has 2 aromatic heterocycles. The summed E-state index contributed by atoms with van der Waals surface area (Å²) in [7, 11) is 0. The fraction of sp³-hybridized carbons (Fsp3) is 0.174. The van der Waals surface area contributed by atoms with E-state index in [1.54, 1.807) is 6.92 Å². The molecule has 2 aromatic carbocycles. The number of nitrogens with zero attached hydrogens (tertiary/aromatic N) is 3. The van der Waals surface area contributed by atoms with Crippen LogP contribution in [0, 0.1) is 0 Å². The van der Waals surface area contributed by atoms with Gasteiger partial charge < -0.3 is 5.32 Å². The van der Waals surface area contributed by atoms with Gasteiger partial charge in [-0.15, -0.1) is 10.2 Å². The number of alkyl halides is 3. The first kappa shape index (κ1) is 23.1. The van der Waals surface area contributed by atoms with Crippen LogP contribution in [0.2, 0.25) is 5.02 Å². The van der Waals surface area contributed by atoms with Crippen molar-refractivity contribution in [3.05, 3.63) is 94.6 Å². The van der Waals surface area contributed by atoms with Gasteiger partial charge in [-0.05, 0) is 24.1 Å². The summed E-state index contributed by atoms with van der Waals surface area (Å²) >= 11 is 6.97. The minimum atomic E-state index is -4.58. The van der Waals surface area contributed by atoms with Gasteiger partial charge in [0.1, 0.15) is 0 Å². The third-order valence-corrected chi connectivity index (χ3v) is 6.29. The Balaban J connectivity index is 1.58. The van der Waals surface area contributed by atoms with Crippen LogP contribution in [0.25, 0.3) is 5.65 Å². The van der Waals surface area contributed by atoms with Crippen molar-refractivity contribution in [3.8, 4) is 0 Å². The van der Waals surface area contributed by atoms with Crippen LogP contribution in [0.4, 0.5) is 13.2 Å². The molecule has 0 bridgehead atoms. The summed E-state index contributed by atoms with van der Waals surface area (Å²) in [5, 5.41) is 10.1. The number of benzene rings is 2. The van der Waals surface area contributed by atoms with Gasteiger partial charge in [-0.1, -0.05) is 84.0 Å². The van der Waals surface area contributed by atoms with Crippen molar-refractivity contribution in [1.82, 2.24) is 19.9 Å². The van der Waals surface area contributed by atoms with E-state index in [0.29, 0.717) is 0 Å². The average molecular weight is 491 g/mol. The van der Waals surface area contributed by atoms with Crippen molar-refractivity contribution in [1.29, 1.82) is 0 Å². The Hall–Kier alpha value is -3.04. The zero-order chi connectivity index (χ0) is 23.6. The topological polar surface area (TPSA) is 59.3 Å². The molecule has 170 valence electrons. The average Bonchev–Trinajstić information content (AvgIpc) is 3.21. The van der Waals surface area contributed by atoms with Gasteiger partial charge in [-0.25, -0.2) is 0 Å². The normalized spacial score (nSPS) is 12.8. The number of aromatic nitrogens is 3. The lowest BCUT2D eigenvalue weighted by molar-refractivity contribution is -0.137. The summed E-state index contributed by atoms with van der Waals surface area (Å²) in [5.74, 6) is -0.299. The molecule has 1 atom stereocenters. The van der Waals surface area contributed by atoms with Crippen molar-refractivity contribution in [2.75, 3.05) is 0 Å². The number of hydrogen-bond acceptors (Lipinski definition) is 4. The first-order valence-electron chi connectivity index (χ1n) is 9.92. The van der Waals surface area contributed by atoms with Gasteiger partial charge in [0.15, 0.2) is 10.8 Å². The number of halogens is 4. The molecule has 0 saturated heterocycles. The Bertz CT molecular complexity index is 1230. The number of amides is 1. The van der Waals surface area contributed by atoms with E-state index in [-0.39, 0.29) is 27.8 Å². The summed E-state index contributed by atoms with van der Waals surface area (Å²) in [4.78, 5) is 13.1. The molecule has 0 spiro atoms. The Morgan fingerprint density at radius 3 is 2.15 bits per heavy atom. The van der Waals surface area contributed by atoms with Crippen LogP contribution < -0.4 is 5.32 Å². The second-order valence-corrected chi connectivity index (χ2v) is 8.99. The molecule has 1 N–H and O–H groups in total. The molecule has 0 aliphatic carbocycles. The van der Waals surface area contributed by atoms with Gasteiger partial charge in [0.05, 0.1) is 21.9 Å². The Labute approximate surface area is 197 Å². The quantitative estimate of drug-likeness (QED) is 0.348. The largest absolute Gasteiger partial charge is 0.417 e. The number of fused-ring (bicyclic) bond motifs is 1. The molecule has 0 radical (unpaired) electrons. The van der Waals surface area contributed by atoms with E-state index in [1.807, 2.05) is 60.7 Å². The fourth-order valence-electron chi connectivity index (χ4n) is 3.29. The predicted molar refractivity (Wildman–Crippen MR) is 121 cm³/mol. The number of pyridine rings is 1. The number of hydrogen-bond donors (Lipinski definition) is 1. The summed E-state index contributed by atoms with van der Waals surface area (Å²) in [6, 6.07) is 19.4. The molecule has 4 aromatic rings. The molecule has 2 heterocycles. The highest BCUT2D eigenvalue weighted by atomic mass is 35.5. The molecular formula is C23H18ClF3N4OS. The second-order valence-electron chi connectivity index (χ2n) is 7.27. The van der Waals surface area contributed by atoms with E-state index in [1.165, 1.54) is 0 Å². The maximum absolute atomic E-state index is 13.2. The molecule has 1 unspecified atom stereocenters. The first-order chi connectivity index (χ1) is 15.7. The number of rotatable bonds is 6. The van der Waals surface area contributed by atoms with Crippen LogP contribution in [-0.4, -0.2) is 25.8 Å². The van der Waals surface area contributed by atoms with Crippen LogP contribution >= 0.6 is 23.4 Å². The van der Waals surface area contributed by atoms with E-state index in [9.17, 15) is 18.0 Å². The van der Waals surface area contributed by atoms with Crippen LogP contribution in [0.15, 0.2) is 78.1 Å². The van der Waals surface area contributed by atoms with E-state index in [4.69, 9.17) is 11.6 Å². The maximum atomic E-state index is 13.2. The minimum absolute atomic E-state index is 0.0891. The van der Waals surface area contributed by atoms with Gasteiger partial charge >= 0.3 is 6.18 Å². The molecule has 0 saturated carbocycles. The molecule has 0 fully saturated rings. The summed E-state index contributed by atoms with van der Waals surface area (Å²) in [5.41, 5.74) is 0.978. The third kappa shape index (κ3) is 5.15. The SMILES string of the molecule is CC(Sc1nnc2c(Cl)cc(C(F)(F)F)cn12)C(=O)NC(c1ccccc1)c1ccccc1. The summed E-state index contributed by atoms with van der Waals surface area (Å²) in [6.45, 7) is 1.66. The Morgan fingerprint density at radius 2 is 1.61 bits per heavy atom. The highest BCUT2D eigenvalue weighted by molar-refractivity contribution is 8.00. The number of carbonyl (C=O) groups is 1. The van der Waals surface area contributed by atoms with Crippen LogP contribution in [-0.2, 0) is 11.0 Å². The van der Waals surface area contributed by atoms with Gasteiger partial charge in [-0.3, -0.25) is 9.20 Å². The molecule has 1 amide bonds. The molecular weight excluding hydrogens is 473 g/mol. The van der Waals surface area contributed by atoms with Crippen molar-refractivity contribution >= 4 is 34.9 Å². The molecule has 0 aliphatic rings. The first-order valence-corrected chi connectivity index (χ1v) is 11.2. The number of thioether (sulfide) groups is 1. The summed E-state index contributed by atoms with van der Waals surface area (Å²) < 4.78 is 40.8. The zero-order valence-corrected chi connectivity index (χ0v) is 18.8. The minimum Gasteiger partial charge on any atom is -0.344 e. The van der Waals surface area contributed by atoms with Crippen molar-refractivity contribution in [3.63, 3.8) is 0 Å². The second kappa shape index (κ2) is 9.44. The van der Waals surface area contributed by atoms with Gasteiger partial charge in [0, 0.05) is 6.20 Å². The van der Waals surface area contributed by atoms with Crippen molar-refractivity contribution in [2.24, 2.45) is 0 Å². The van der Waals surface area contributed by atoms with Gasteiger partial charge in [0.2, 0.25) is 5.91 Å². The zero-order valence-electron chi connectivity index (χ0n) is 17.3. The third-order valence-electron chi connectivity index (χ3n) is 4.96. The Morgan fingerprint density at radius 1 is 1.03 bits per heavy atom. The standard InChI is InChI=1S/C23H18ClF3N4OS/c1-14(33-22-30-29-20-18(24)12-17(13-31(20)22)23(25,26)27)21(32)28-19(15-8-4-2-5-9-15)16-10-6-3-7-11-16/h2-14,19H,1H3,(H,28,32). The highest BCUT2D eigenvalue weighted by Gasteiger charge is 2.32. The summed E-state index contributed by atoms with van der Waals surface area (Å²) in [6.07, 6.45) is -3.70.